The van der Waals surface area contributed by atoms with Gasteiger partial charge < -0.3 is 40.4 Å². The number of halogens is 8. The van der Waals surface area contributed by atoms with E-state index in [4.69, 9.17) is 25.1 Å². The topological polar surface area (TPSA) is 141 Å². The van der Waals surface area contributed by atoms with Crippen LogP contribution in [0.4, 0.5) is 44.7 Å². The molecule has 1 aliphatic rings. The third-order valence-electron chi connectivity index (χ3n) is 11.6. The van der Waals surface area contributed by atoms with Crippen molar-refractivity contribution in [3.63, 3.8) is 0 Å². The number of hydrogen-bond donors (Lipinski definition) is 4. The standard InChI is InChI=1S/C39H69F8N3O7/c1-14-18-56-31(8,9)22-30(6,7)25-55-27(51)49-24-32(10)21-26(20-29(4,5)23-32)50-28(52)54-19-17-36(40,41)33(11,15-2)39(46,47)57-34(12,16-3)35(13,48)37(42,43)38(44,45)53/h26,53H,14-25,48H2,1-13H3,(H,49,51)(H,50,52). The fourth-order valence-electron chi connectivity index (χ4n) is 8.12. The lowest BCUT2D eigenvalue weighted by Gasteiger charge is -2.51. The van der Waals surface area contributed by atoms with E-state index in [9.17, 15) is 27.2 Å². The molecule has 1 saturated carbocycles. The molecule has 5 N–H and O–H groups in total. The number of amides is 2. The third-order valence-corrected chi connectivity index (χ3v) is 11.6. The molecule has 2 amide bonds. The minimum atomic E-state index is -5.77. The summed E-state index contributed by atoms with van der Waals surface area (Å²) in [5.74, 6) is -9.91. The van der Waals surface area contributed by atoms with Gasteiger partial charge in [0.1, 0.15) is 11.0 Å². The predicted molar refractivity (Wildman–Crippen MR) is 199 cm³/mol. The Kier molecular flexibility index (Phi) is 16.9. The molecule has 1 fully saturated rings. The van der Waals surface area contributed by atoms with Gasteiger partial charge in [0, 0.05) is 31.0 Å². The van der Waals surface area contributed by atoms with Crippen molar-refractivity contribution >= 4 is 12.2 Å². The zero-order valence-electron chi connectivity index (χ0n) is 36.1. The quantitative estimate of drug-likeness (QED) is 0.0790. The zero-order valence-corrected chi connectivity index (χ0v) is 36.1. The van der Waals surface area contributed by atoms with Gasteiger partial charge in [-0.3, -0.25) is 0 Å². The second kappa shape index (κ2) is 18.2. The van der Waals surface area contributed by atoms with Crippen molar-refractivity contribution in [2.45, 2.75) is 188 Å². The Labute approximate surface area is 333 Å². The van der Waals surface area contributed by atoms with E-state index in [1.807, 2.05) is 55.4 Å². The van der Waals surface area contributed by atoms with Gasteiger partial charge in [-0.2, -0.15) is 26.3 Å². The first-order valence-electron chi connectivity index (χ1n) is 19.5. The van der Waals surface area contributed by atoms with Crippen molar-refractivity contribution in [3.05, 3.63) is 0 Å². The van der Waals surface area contributed by atoms with E-state index in [0.717, 1.165) is 20.3 Å². The van der Waals surface area contributed by atoms with Crippen molar-refractivity contribution < 1.29 is 68.8 Å². The fraction of sp³-hybridized carbons (Fsp3) is 0.949. The van der Waals surface area contributed by atoms with Crippen molar-refractivity contribution in [2.75, 3.05) is 26.4 Å². The van der Waals surface area contributed by atoms with E-state index in [-0.39, 0.29) is 30.9 Å². The Balaban J connectivity index is 2.96. The molecule has 0 bridgehead atoms. The molecular weight excluding hydrogens is 774 g/mol. The van der Waals surface area contributed by atoms with Crippen molar-refractivity contribution in [1.29, 1.82) is 0 Å². The molecule has 0 aromatic carbocycles. The van der Waals surface area contributed by atoms with Gasteiger partial charge >= 0.3 is 30.3 Å². The maximum atomic E-state index is 15.8. The van der Waals surface area contributed by atoms with Gasteiger partial charge in [-0.05, 0) is 90.4 Å². The summed E-state index contributed by atoms with van der Waals surface area (Å²) in [7, 11) is 0. The van der Waals surface area contributed by atoms with Gasteiger partial charge in [0.05, 0.1) is 24.4 Å². The molecule has 0 saturated heterocycles. The molecule has 1 aliphatic carbocycles. The lowest BCUT2D eigenvalue weighted by molar-refractivity contribution is -0.414. The largest absolute Gasteiger partial charge is 0.449 e. The number of rotatable bonds is 22. The molecule has 0 aromatic rings. The van der Waals surface area contributed by atoms with Gasteiger partial charge in [0.15, 0.2) is 0 Å². The lowest BCUT2D eigenvalue weighted by Crippen LogP contribution is -2.74. The number of alkyl halides is 8. The number of aliphatic hydroxyl groups is 1. The van der Waals surface area contributed by atoms with Crippen LogP contribution >= 0.6 is 0 Å². The first-order chi connectivity index (χ1) is 25.3. The van der Waals surface area contributed by atoms with Crippen LogP contribution in [0.2, 0.25) is 0 Å². The number of alkyl carbamates (subject to hydrolysis) is 2. The molecule has 10 nitrogen and oxygen atoms in total. The number of ether oxygens (including phenoxy) is 4. The van der Waals surface area contributed by atoms with Crippen LogP contribution in [0.1, 0.15) is 141 Å². The Bertz CT molecular complexity index is 1350. The highest BCUT2D eigenvalue weighted by atomic mass is 19.3. The Morgan fingerprint density at radius 3 is 1.88 bits per heavy atom. The SMILES string of the molecule is CCCOC(C)(C)CC(C)(C)COC(=O)NCC1(C)CC(NC(=O)OCCC(F)(F)C(C)(CC)C(F)(F)OC(C)(CC)C(C)(N)C(F)(F)C(O)(F)F)CC(C)(C)C1. The van der Waals surface area contributed by atoms with Crippen molar-refractivity contribution in [2.24, 2.45) is 27.4 Å². The van der Waals surface area contributed by atoms with Gasteiger partial charge in [-0.1, -0.05) is 55.4 Å². The molecule has 5 atom stereocenters. The summed E-state index contributed by atoms with van der Waals surface area (Å²) in [6.07, 6.45) is -12.7. The molecule has 0 radical (unpaired) electrons. The Morgan fingerprint density at radius 1 is 0.825 bits per heavy atom. The fourth-order valence-corrected chi connectivity index (χ4v) is 8.12. The molecule has 0 aliphatic heterocycles. The summed E-state index contributed by atoms with van der Waals surface area (Å²) in [6.45, 7) is 18.9. The van der Waals surface area contributed by atoms with Crippen LogP contribution in [0.25, 0.3) is 0 Å². The average Bonchev–Trinajstić information content (AvgIpc) is 3.02. The number of nitrogens with one attached hydrogen (secondary N) is 2. The van der Waals surface area contributed by atoms with Crippen LogP contribution in [0.3, 0.4) is 0 Å². The van der Waals surface area contributed by atoms with E-state index >= 15 is 17.6 Å². The van der Waals surface area contributed by atoms with Crippen LogP contribution in [0.15, 0.2) is 0 Å². The van der Waals surface area contributed by atoms with Crippen LogP contribution in [-0.2, 0) is 18.9 Å². The van der Waals surface area contributed by atoms with E-state index in [1.165, 1.54) is 0 Å². The normalized spacial score (nSPS) is 23.1. The zero-order chi connectivity index (χ0) is 45.0. The molecule has 0 aromatic heterocycles. The van der Waals surface area contributed by atoms with Crippen LogP contribution in [0.5, 0.6) is 0 Å². The average molecular weight is 844 g/mol. The highest BCUT2D eigenvalue weighted by molar-refractivity contribution is 5.68. The van der Waals surface area contributed by atoms with Gasteiger partial charge in [-0.15, -0.1) is 0 Å². The molecular formula is C39H69F8N3O7. The first-order valence-corrected chi connectivity index (χ1v) is 19.5. The number of carbonyl (C=O) groups is 2. The molecule has 0 heterocycles. The summed E-state index contributed by atoms with van der Waals surface area (Å²) in [5, 5.41) is 14.3. The van der Waals surface area contributed by atoms with E-state index in [1.54, 1.807) is 0 Å². The van der Waals surface area contributed by atoms with Gasteiger partial charge in [0.2, 0.25) is 0 Å². The second-order valence-corrected chi connectivity index (χ2v) is 19.1. The van der Waals surface area contributed by atoms with Crippen LogP contribution < -0.4 is 16.4 Å². The molecule has 5 unspecified atom stereocenters. The maximum absolute atomic E-state index is 15.8. The number of nitrogens with two attached hydrogens (primary N) is 1. The smallest absolute Gasteiger partial charge is 0.419 e. The summed E-state index contributed by atoms with van der Waals surface area (Å²) < 4.78 is 140. The monoisotopic (exact) mass is 844 g/mol. The first kappa shape index (κ1) is 52.8. The molecule has 57 heavy (non-hydrogen) atoms. The minimum Gasteiger partial charge on any atom is -0.449 e. The lowest BCUT2D eigenvalue weighted by atomic mass is 9.62. The summed E-state index contributed by atoms with van der Waals surface area (Å²) in [4.78, 5) is 25.6. The highest BCUT2D eigenvalue weighted by Gasteiger charge is 2.74. The number of carbonyl (C=O) groups excluding carboxylic acids is 2. The Hall–Kier alpha value is -2.18. The van der Waals surface area contributed by atoms with Crippen LogP contribution in [0, 0.1) is 21.7 Å². The predicted octanol–water partition coefficient (Wildman–Crippen LogP) is 9.80. The summed E-state index contributed by atoms with van der Waals surface area (Å²) in [5.41, 5.74) is -6.42. The van der Waals surface area contributed by atoms with E-state index in [2.05, 4.69) is 15.4 Å². The summed E-state index contributed by atoms with van der Waals surface area (Å²) in [6, 6.07) is -0.519. The third kappa shape index (κ3) is 13.2. The highest BCUT2D eigenvalue weighted by Crippen LogP contribution is 2.56. The minimum absolute atomic E-state index is 0.146. The number of hydrogen-bond acceptors (Lipinski definition) is 8. The molecule has 0 spiro atoms. The molecule has 18 heteroatoms. The van der Waals surface area contributed by atoms with Gasteiger partial charge in [0.25, 0.3) is 5.92 Å². The van der Waals surface area contributed by atoms with Crippen molar-refractivity contribution in [3.8, 4) is 0 Å². The van der Waals surface area contributed by atoms with E-state index < -0.39 is 95.7 Å². The Morgan fingerprint density at radius 2 is 1.39 bits per heavy atom. The molecule has 1 rings (SSSR count). The van der Waals surface area contributed by atoms with Gasteiger partial charge in [-0.25, -0.2) is 18.4 Å². The summed E-state index contributed by atoms with van der Waals surface area (Å²) >= 11 is 0. The second-order valence-electron chi connectivity index (χ2n) is 19.1. The van der Waals surface area contributed by atoms with E-state index in [0.29, 0.717) is 46.1 Å². The molecule has 338 valence electrons. The maximum Gasteiger partial charge on any atom is 0.419 e. The van der Waals surface area contributed by atoms with Crippen molar-refractivity contribution in [1.82, 2.24) is 10.6 Å². The van der Waals surface area contributed by atoms with Crippen LogP contribution in [-0.4, -0.2) is 90.5 Å².